The molecule has 0 aromatic carbocycles. The van der Waals surface area contributed by atoms with Crippen molar-refractivity contribution in [2.75, 3.05) is 0 Å². The third-order valence-electron chi connectivity index (χ3n) is 4.30. The molecule has 0 aromatic rings. The third kappa shape index (κ3) is 1.62. The third-order valence-corrected chi connectivity index (χ3v) is 4.30. The van der Waals surface area contributed by atoms with Crippen molar-refractivity contribution in [3.63, 3.8) is 0 Å². The molecule has 1 aliphatic carbocycles. The maximum absolute atomic E-state index is 11.1. The van der Waals surface area contributed by atoms with Gasteiger partial charge in [0.25, 0.3) is 0 Å². The minimum atomic E-state index is -0.243. The Balaban J connectivity index is 2.86. The first-order valence-electron chi connectivity index (χ1n) is 5.29. The average molecular weight is 196 g/mol. The van der Waals surface area contributed by atoms with Gasteiger partial charge in [0.2, 0.25) is 0 Å². The van der Waals surface area contributed by atoms with Crippen molar-refractivity contribution in [1.29, 1.82) is 0 Å². The van der Waals surface area contributed by atoms with E-state index in [2.05, 4.69) is 13.8 Å². The molecule has 0 unspecified atom stereocenters. The zero-order chi connectivity index (χ0) is 11.0. The number of hydrogen-bond donors (Lipinski definition) is 0. The Labute approximate surface area is 86.1 Å². The van der Waals surface area contributed by atoms with Crippen LogP contribution in [0.1, 0.15) is 47.0 Å². The quantitative estimate of drug-likeness (QED) is 0.650. The lowest BCUT2D eigenvalue weighted by molar-refractivity contribution is -0.123. The van der Waals surface area contributed by atoms with E-state index in [9.17, 15) is 9.59 Å². The number of hydrogen-bond acceptors (Lipinski definition) is 2. The summed E-state index contributed by atoms with van der Waals surface area (Å²) in [6, 6.07) is 0. The number of carbonyl (C=O) groups excluding carboxylic acids is 2. The van der Waals surface area contributed by atoms with Gasteiger partial charge in [-0.05, 0) is 31.1 Å². The monoisotopic (exact) mass is 196 g/mol. The molecule has 0 bridgehead atoms. The van der Waals surface area contributed by atoms with Gasteiger partial charge in [0, 0.05) is 11.8 Å². The van der Waals surface area contributed by atoms with Crippen LogP contribution in [-0.4, -0.2) is 12.1 Å². The highest BCUT2D eigenvalue weighted by Crippen LogP contribution is 2.55. The molecule has 0 amide bonds. The summed E-state index contributed by atoms with van der Waals surface area (Å²) < 4.78 is 0. The van der Waals surface area contributed by atoms with E-state index in [4.69, 9.17) is 0 Å². The molecule has 14 heavy (non-hydrogen) atoms. The van der Waals surface area contributed by atoms with Crippen molar-refractivity contribution in [1.82, 2.24) is 0 Å². The normalized spacial score (nSPS) is 35.6. The van der Waals surface area contributed by atoms with Crippen LogP contribution >= 0.6 is 0 Å². The summed E-state index contributed by atoms with van der Waals surface area (Å²) in [6.45, 7) is 7.87. The second-order valence-corrected chi connectivity index (χ2v) is 5.40. The van der Waals surface area contributed by atoms with Crippen molar-refractivity contribution in [2.24, 2.45) is 16.7 Å². The van der Waals surface area contributed by atoms with Gasteiger partial charge in [-0.25, -0.2) is 0 Å². The molecule has 2 nitrogen and oxygen atoms in total. The van der Waals surface area contributed by atoms with Crippen LogP contribution in [0.15, 0.2) is 0 Å². The van der Waals surface area contributed by atoms with Crippen LogP contribution in [0.3, 0.4) is 0 Å². The number of carbonyl (C=O) groups is 2. The molecule has 0 aliphatic heterocycles. The van der Waals surface area contributed by atoms with Crippen molar-refractivity contribution in [3.8, 4) is 0 Å². The summed E-state index contributed by atoms with van der Waals surface area (Å²) in [5.41, 5.74) is -0.284. The van der Waals surface area contributed by atoms with Gasteiger partial charge in [-0.2, -0.15) is 0 Å². The number of aldehydes is 1. The summed E-state index contributed by atoms with van der Waals surface area (Å²) in [7, 11) is 0. The van der Waals surface area contributed by atoms with Crippen LogP contribution in [0.4, 0.5) is 0 Å². The van der Waals surface area contributed by atoms with Crippen LogP contribution in [0.25, 0.3) is 0 Å². The summed E-state index contributed by atoms with van der Waals surface area (Å²) in [6.07, 6.45) is 3.62. The first-order chi connectivity index (χ1) is 6.33. The summed E-state index contributed by atoms with van der Waals surface area (Å²) >= 11 is 0. The van der Waals surface area contributed by atoms with Crippen LogP contribution in [0.2, 0.25) is 0 Å². The summed E-state index contributed by atoms with van der Waals surface area (Å²) in [5.74, 6) is 0.605. The highest BCUT2D eigenvalue weighted by atomic mass is 16.1. The van der Waals surface area contributed by atoms with Gasteiger partial charge in [-0.1, -0.05) is 20.8 Å². The van der Waals surface area contributed by atoms with Crippen LogP contribution in [0.5, 0.6) is 0 Å². The smallest absolute Gasteiger partial charge is 0.130 e. The van der Waals surface area contributed by atoms with E-state index in [1.807, 2.05) is 6.92 Å². The van der Waals surface area contributed by atoms with E-state index in [0.717, 1.165) is 19.1 Å². The van der Waals surface area contributed by atoms with E-state index < -0.39 is 0 Å². The fourth-order valence-corrected chi connectivity index (χ4v) is 2.54. The minimum absolute atomic E-state index is 0.0413. The molecule has 0 aromatic heterocycles. The van der Waals surface area contributed by atoms with E-state index in [-0.39, 0.29) is 16.6 Å². The van der Waals surface area contributed by atoms with E-state index in [0.29, 0.717) is 12.3 Å². The molecule has 1 fully saturated rings. The first kappa shape index (κ1) is 11.4. The predicted molar refractivity (Wildman–Crippen MR) is 56.0 cm³/mol. The van der Waals surface area contributed by atoms with Crippen LogP contribution in [0, 0.1) is 16.7 Å². The van der Waals surface area contributed by atoms with Gasteiger partial charge < -0.3 is 9.59 Å². The molecule has 1 rings (SSSR count). The molecule has 0 N–H and O–H groups in total. The van der Waals surface area contributed by atoms with Gasteiger partial charge >= 0.3 is 0 Å². The molecule has 0 radical (unpaired) electrons. The fraction of sp³-hybridized carbons (Fsp3) is 0.833. The molecule has 2 heteroatoms. The lowest BCUT2D eigenvalue weighted by Gasteiger charge is -2.37. The van der Waals surface area contributed by atoms with Crippen molar-refractivity contribution in [3.05, 3.63) is 0 Å². The zero-order valence-corrected chi connectivity index (χ0v) is 9.59. The highest BCUT2D eigenvalue weighted by molar-refractivity contribution is 5.76. The van der Waals surface area contributed by atoms with Gasteiger partial charge in [-0.3, -0.25) is 0 Å². The standard InChI is InChI=1S/C12H20O2/c1-9(14)7-10-5-6-12(4,8-13)11(10,2)3/h8,10H,5-7H2,1-4H3/t10-,12+/m1/s1. The number of Topliss-reactive ketones (excluding diaryl/α,β-unsaturated/α-hetero) is 1. The Hall–Kier alpha value is -0.660. The summed E-state index contributed by atoms with van der Waals surface area (Å²) in [5, 5.41) is 0. The van der Waals surface area contributed by atoms with E-state index in [1.54, 1.807) is 6.92 Å². The number of rotatable bonds is 3. The molecule has 0 spiro atoms. The van der Waals surface area contributed by atoms with Crippen LogP contribution < -0.4 is 0 Å². The summed E-state index contributed by atoms with van der Waals surface area (Å²) in [4.78, 5) is 22.2. The second kappa shape index (κ2) is 3.48. The molecular formula is C12H20O2. The SMILES string of the molecule is CC(=O)C[C@H]1CC[C@@](C)(C=O)C1(C)C. The molecular weight excluding hydrogens is 176 g/mol. The van der Waals surface area contributed by atoms with Crippen molar-refractivity contribution >= 4 is 12.1 Å². The molecule has 1 saturated carbocycles. The lowest BCUT2D eigenvalue weighted by Crippen LogP contribution is -2.36. The molecule has 80 valence electrons. The van der Waals surface area contributed by atoms with Crippen LogP contribution in [-0.2, 0) is 9.59 Å². The lowest BCUT2D eigenvalue weighted by atomic mass is 9.66. The maximum atomic E-state index is 11.1. The Morgan fingerprint density at radius 1 is 1.43 bits per heavy atom. The zero-order valence-electron chi connectivity index (χ0n) is 9.59. The van der Waals surface area contributed by atoms with Gasteiger partial charge in [0.1, 0.15) is 12.1 Å². The van der Waals surface area contributed by atoms with Gasteiger partial charge in [0.05, 0.1) is 0 Å². The highest BCUT2D eigenvalue weighted by Gasteiger charge is 2.51. The van der Waals surface area contributed by atoms with Crippen molar-refractivity contribution in [2.45, 2.75) is 47.0 Å². The maximum Gasteiger partial charge on any atom is 0.130 e. The molecule has 0 heterocycles. The minimum Gasteiger partial charge on any atom is -0.303 e. The van der Waals surface area contributed by atoms with E-state index in [1.165, 1.54) is 0 Å². The number of ketones is 1. The second-order valence-electron chi connectivity index (χ2n) is 5.40. The molecule has 0 saturated heterocycles. The molecule has 2 atom stereocenters. The fourth-order valence-electron chi connectivity index (χ4n) is 2.54. The largest absolute Gasteiger partial charge is 0.303 e. The Morgan fingerprint density at radius 3 is 2.36 bits per heavy atom. The Bertz CT molecular complexity index is 255. The topological polar surface area (TPSA) is 34.1 Å². The van der Waals surface area contributed by atoms with Crippen molar-refractivity contribution < 1.29 is 9.59 Å². The van der Waals surface area contributed by atoms with Gasteiger partial charge in [0.15, 0.2) is 0 Å². The average Bonchev–Trinajstić information content (AvgIpc) is 2.29. The van der Waals surface area contributed by atoms with E-state index >= 15 is 0 Å². The Morgan fingerprint density at radius 2 is 2.00 bits per heavy atom. The predicted octanol–water partition coefficient (Wildman–Crippen LogP) is 2.61. The Kier molecular flexibility index (Phi) is 2.84. The first-order valence-corrected chi connectivity index (χ1v) is 5.29. The van der Waals surface area contributed by atoms with Gasteiger partial charge in [-0.15, -0.1) is 0 Å². The molecule has 1 aliphatic rings.